The van der Waals surface area contributed by atoms with Crippen LogP contribution in [0.2, 0.25) is 18.1 Å². The van der Waals surface area contributed by atoms with Crippen molar-refractivity contribution in [2.24, 2.45) is 0 Å². The number of fused-ring (bicyclic) bond motifs is 1. The van der Waals surface area contributed by atoms with E-state index >= 15 is 0 Å². The molecule has 0 saturated carbocycles. The van der Waals surface area contributed by atoms with Crippen LogP contribution in [0.25, 0.3) is 0 Å². The molecule has 288 valence electrons. The Labute approximate surface area is 333 Å². The van der Waals surface area contributed by atoms with E-state index in [-0.39, 0.29) is 11.1 Å². The van der Waals surface area contributed by atoms with E-state index < -0.39 is 14.4 Å². The van der Waals surface area contributed by atoms with Crippen molar-refractivity contribution >= 4 is 8.32 Å². The molecular weight excluding hydrogens is 713 g/mol. The molecule has 1 aliphatic rings. The molecule has 0 aliphatic carbocycles. The van der Waals surface area contributed by atoms with Crippen LogP contribution in [0.15, 0.2) is 152 Å². The average Bonchev–Trinajstić information content (AvgIpc) is 3.21. The standard InChI is InChI=1S/C49H52O6Si/c1-49(2,3)56(4,5)55-46-30-41-28-42(50-32-36-18-10-6-11-19-36)31-45(53-35-39-24-16-9-17-25-39)48(41)54-47(46)40-26-27-43(51-33-37-20-12-7-13-21-37)44(29-40)52-34-38-22-14-8-15-23-38/h6-29,31,46-47H,30,32-35H2,1-5H3/t46-,47+/m0/s1. The lowest BCUT2D eigenvalue weighted by molar-refractivity contribution is 0.0257. The maximum Gasteiger partial charge on any atom is 0.192 e. The summed E-state index contributed by atoms with van der Waals surface area (Å²) >= 11 is 0. The fourth-order valence-electron chi connectivity index (χ4n) is 6.46. The Balaban J connectivity index is 1.26. The van der Waals surface area contributed by atoms with E-state index in [2.05, 4.69) is 101 Å². The summed E-state index contributed by atoms with van der Waals surface area (Å²) in [4.78, 5) is 0. The first-order valence-corrected chi connectivity index (χ1v) is 22.3. The van der Waals surface area contributed by atoms with Gasteiger partial charge in [-0.3, -0.25) is 0 Å². The fraction of sp³-hybridized carbons (Fsp3) is 0.265. The van der Waals surface area contributed by atoms with Crippen molar-refractivity contribution in [3.8, 4) is 28.7 Å². The van der Waals surface area contributed by atoms with Gasteiger partial charge in [0.15, 0.2) is 31.3 Å². The molecule has 0 radical (unpaired) electrons. The number of rotatable bonds is 15. The van der Waals surface area contributed by atoms with Crippen molar-refractivity contribution in [3.63, 3.8) is 0 Å². The minimum absolute atomic E-state index is 0.0124. The molecule has 0 fully saturated rings. The molecule has 1 aliphatic heterocycles. The summed E-state index contributed by atoms with van der Waals surface area (Å²) in [6, 6.07) is 50.9. The zero-order valence-corrected chi connectivity index (χ0v) is 34.1. The number of hydrogen-bond acceptors (Lipinski definition) is 6. The molecule has 2 atom stereocenters. The summed E-state index contributed by atoms with van der Waals surface area (Å²) in [6.45, 7) is 13.0. The van der Waals surface area contributed by atoms with Crippen LogP contribution in [-0.4, -0.2) is 14.4 Å². The number of hydrogen-bond donors (Lipinski definition) is 0. The Kier molecular flexibility index (Phi) is 12.1. The molecule has 0 aromatic heterocycles. The first-order valence-electron chi connectivity index (χ1n) is 19.4. The van der Waals surface area contributed by atoms with Crippen LogP contribution in [0.3, 0.4) is 0 Å². The van der Waals surface area contributed by atoms with Gasteiger partial charge in [0.25, 0.3) is 0 Å². The minimum Gasteiger partial charge on any atom is -0.489 e. The highest BCUT2D eigenvalue weighted by Crippen LogP contribution is 2.48. The lowest BCUT2D eigenvalue weighted by Gasteiger charge is -2.43. The second-order valence-corrected chi connectivity index (χ2v) is 20.6. The monoisotopic (exact) mass is 764 g/mol. The third-order valence-electron chi connectivity index (χ3n) is 10.6. The van der Waals surface area contributed by atoms with Gasteiger partial charge in [-0.2, -0.15) is 0 Å². The van der Waals surface area contributed by atoms with E-state index in [1.165, 1.54) is 0 Å². The molecule has 6 aromatic carbocycles. The third kappa shape index (κ3) is 9.83. The quantitative estimate of drug-likeness (QED) is 0.0971. The first kappa shape index (κ1) is 38.8. The molecule has 0 N–H and O–H groups in total. The van der Waals surface area contributed by atoms with Gasteiger partial charge in [0.2, 0.25) is 0 Å². The number of ether oxygens (including phenoxy) is 5. The van der Waals surface area contributed by atoms with Crippen molar-refractivity contribution in [2.75, 3.05) is 0 Å². The maximum atomic E-state index is 7.27. The summed E-state index contributed by atoms with van der Waals surface area (Å²) in [6.07, 6.45) is -0.120. The fourth-order valence-corrected chi connectivity index (χ4v) is 7.77. The first-order chi connectivity index (χ1) is 27.1. The van der Waals surface area contributed by atoms with E-state index in [9.17, 15) is 0 Å². The van der Waals surface area contributed by atoms with E-state index in [0.717, 1.165) is 39.1 Å². The Bertz CT molecular complexity index is 2150. The Morgan fingerprint density at radius 2 is 1.00 bits per heavy atom. The van der Waals surface area contributed by atoms with Crippen LogP contribution in [0.4, 0.5) is 0 Å². The van der Waals surface area contributed by atoms with E-state index in [4.69, 9.17) is 28.1 Å². The molecule has 0 unspecified atom stereocenters. The molecule has 1 heterocycles. The van der Waals surface area contributed by atoms with Crippen molar-refractivity contribution in [1.82, 2.24) is 0 Å². The predicted octanol–water partition coefficient (Wildman–Crippen LogP) is 12.1. The minimum atomic E-state index is -2.27. The van der Waals surface area contributed by atoms with Crippen molar-refractivity contribution < 1.29 is 28.1 Å². The van der Waals surface area contributed by atoms with Crippen LogP contribution < -0.4 is 23.7 Å². The molecule has 0 spiro atoms. The molecule has 6 nitrogen and oxygen atoms in total. The zero-order valence-electron chi connectivity index (χ0n) is 33.1. The van der Waals surface area contributed by atoms with Crippen LogP contribution in [0, 0.1) is 0 Å². The van der Waals surface area contributed by atoms with Crippen LogP contribution in [0.1, 0.15) is 60.3 Å². The predicted molar refractivity (Wildman–Crippen MR) is 225 cm³/mol. The van der Waals surface area contributed by atoms with Gasteiger partial charge in [0.1, 0.15) is 38.3 Å². The van der Waals surface area contributed by atoms with Crippen molar-refractivity contribution in [1.29, 1.82) is 0 Å². The van der Waals surface area contributed by atoms with Crippen LogP contribution in [-0.2, 0) is 37.3 Å². The smallest absolute Gasteiger partial charge is 0.192 e. The van der Waals surface area contributed by atoms with E-state index in [1.807, 2.05) is 84.9 Å². The molecule has 0 amide bonds. The summed E-state index contributed by atoms with van der Waals surface area (Å²) < 4.78 is 40.3. The van der Waals surface area contributed by atoms with Gasteiger partial charge < -0.3 is 28.1 Å². The van der Waals surface area contributed by atoms with Gasteiger partial charge in [-0.25, -0.2) is 0 Å². The van der Waals surface area contributed by atoms with E-state index in [0.29, 0.717) is 55.8 Å². The van der Waals surface area contributed by atoms with Gasteiger partial charge >= 0.3 is 0 Å². The van der Waals surface area contributed by atoms with Crippen molar-refractivity contribution in [2.45, 2.75) is 84.0 Å². The summed E-state index contributed by atoms with van der Waals surface area (Å²) in [5.41, 5.74) is 6.23. The Morgan fingerprint density at radius 1 is 0.536 bits per heavy atom. The van der Waals surface area contributed by atoms with Crippen LogP contribution in [0.5, 0.6) is 28.7 Å². The summed E-state index contributed by atoms with van der Waals surface area (Å²) in [7, 11) is -2.27. The average molecular weight is 765 g/mol. The molecule has 0 saturated heterocycles. The van der Waals surface area contributed by atoms with Crippen molar-refractivity contribution in [3.05, 3.63) is 185 Å². The molecule has 7 heteroatoms. The molecule has 0 bridgehead atoms. The maximum absolute atomic E-state index is 7.27. The second kappa shape index (κ2) is 17.5. The van der Waals surface area contributed by atoms with Gasteiger partial charge in [-0.1, -0.05) is 148 Å². The Morgan fingerprint density at radius 3 is 1.50 bits per heavy atom. The largest absolute Gasteiger partial charge is 0.489 e. The number of benzene rings is 6. The molecule has 7 rings (SSSR count). The highest BCUT2D eigenvalue weighted by Gasteiger charge is 2.44. The molecular formula is C49H52O6Si. The Hall–Kier alpha value is -5.50. The van der Waals surface area contributed by atoms with Gasteiger partial charge in [0, 0.05) is 18.1 Å². The van der Waals surface area contributed by atoms with Gasteiger partial charge in [-0.15, -0.1) is 0 Å². The summed E-state index contributed by atoms with van der Waals surface area (Å²) in [5.74, 6) is 3.37. The topological polar surface area (TPSA) is 55.4 Å². The highest BCUT2D eigenvalue weighted by molar-refractivity contribution is 6.74. The highest BCUT2D eigenvalue weighted by atomic mass is 28.4. The van der Waals surface area contributed by atoms with Gasteiger partial charge in [-0.05, 0) is 64.1 Å². The lowest BCUT2D eigenvalue weighted by Crippen LogP contribution is -2.47. The molecule has 6 aromatic rings. The van der Waals surface area contributed by atoms with Crippen LogP contribution >= 0.6 is 0 Å². The SMILES string of the molecule is CC(C)(C)[Si](C)(C)O[C@H]1Cc2cc(OCc3ccccc3)cc(OCc3ccccc3)c2O[C@@H]1c1ccc(OCc2ccccc2)c(OCc2ccccc2)c1. The summed E-state index contributed by atoms with van der Waals surface area (Å²) in [5, 5.41) is -0.0124. The second-order valence-electron chi connectivity index (χ2n) is 15.9. The molecule has 56 heavy (non-hydrogen) atoms. The zero-order chi connectivity index (χ0) is 39.0. The van der Waals surface area contributed by atoms with E-state index in [1.54, 1.807) is 0 Å². The normalized spacial score (nSPS) is 15.3. The third-order valence-corrected chi connectivity index (χ3v) is 15.1. The van der Waals surface area contributed by atoms with Gasteiger partial charge in [0.05, 0.1) is 6.10 Å². The lowest BCUT2D eigenvalue weighted by atomic mass is 9.94.